The van der Waals surface area contributed by atoms with E-state index in [1.165, 1.54) is 25.9 Å². The van der Waals surface area contributed by atoms with Crippen molar-refractivity contribution in [1.82, 2.24) is 19.8 Å². The fourth-order valence-electron chi connectivity index (χ4n) is 2.70. The molecule has 1 aliphatic heterocycles. The highest BCUT2D eigenvalue weighted by Crippen LogP contribution is 2.17. The number of hydrogen-bond acceptors (Lipinski definition) is 3. The summed E-state index contributed by atoms with van der Waals surface area (Å²) < 4.78 is 2.10. The van der Waals surface area contributed by atoms with Crippen molar-refractivity contribution in [2.24, 2.45) is 13.0 Å². The molecule has 2 rings (SSSR count). The Morgan fingerprint density at radius 1 is 1.59 bits per heavy atom. The number of nitrogens with one attached hydrogen (secondary N) is 1. The standard InChI is InChI=1S/C13H24N4/c1-11-8-12(4-5-14-11)9-16(2)10-13-15-6-7-17(13)3/h6-7,11-12,14H,4-5,8-10H2,1-3H3. The molecule has 0 radical (unpaired) electrons. The molecule has 1 saturated heterocycles. The van der Waals surface area contributed by atoms with Crippen LogP contribution in [0.2, 0.25) is 0 Å². The fourth-order valence-corrected chi connectivity index (χ4v) is 2.70. The summed E-state index contributed by atoms with van der Waals surface area (Å²) in [5, 5.41) is 3.50. The highest BCUT2D eigenvalue weighted by Gasteiger charge is 2.19. The van der Waals surface area contributed by atoms with Crippen molar-refractivity contribution < 1.29 is 0 Å². The lowest BCUT2D eigenvalue weighted by Gasteiger charge is -2.31. The first-order valence-electron chi connectivity index (χ1n) is 6.53. The van der Waals surface area contributed by atoms with E-state index in [1.807, 2.05) is 12.4 Å². The smallest absolute Gasteiger partial charge is 0.122 e. The number of aromatic nitrogens is 2. The van der Waals surface area contributed by atoms with Crippen LogP contribution in [0.15, 0.2) is 12.4 Å². The molecule has 96 valence electrons. The van der Waals surface area contributed by atoms with Crippen LogP contribution in [0.3, 0.4) is 0 Å². The fraction of sp³-hybridized carbons (Fsp3) is 0.769. The van der Waals surface area contributed by atoms with Crippen molar-refractivity contribution >= 4 is 0 Å². The maximum Gasteiger partial charge on any atom is 0.122 e. The number of imidazole rings is 1. The second kappa shape index (κ2) is 5.65. The van der Waals surface area contributed by atoms with Crippen LogP contribution in [0.5, 0.6) is 0 Å². The number of piperidine rings is 1. The normalized spacial score (nSPS) is 25.4. The van der Waals surface area contributed by atoms with Gasteiger partial charge in [0.05, 0.1) is 6.54 Å². The molecule has 0 aliphatic carbocycles. The Hall–Kier alpha value is -0.870. The van der Waals surface area contributed by atoms with E-state index >= 15 is 0 Å². The second-order valence-electron chi connectivity index (χ2n) is 5.40. The summed E-state index contributed by atoms with van der Waals surface area (Å²) in [7, 11) is 4.25. The van der Waals surface area contributed by atoms with E-state index in [-0.39, 0.29) is 0 Å². The quantitative estimate of drug-likeness (QED) is 0.854. The molecular weight excluding hydrogens is 212 g/mol. The molecule has 4 nitrogen and oxygen atoms in total. The molecule has 2 heterocycles. The summed E-state index contributed by atoms with van der Waals surface area (Å²) in [6.45, 7) is 5.58. The van der Waals surface area contributed by atoms with Crippen LogP contribution >= 0.6 is 0 Å². The minimum absolute atomic E-state index is 0.676. The molecule has 1 N–H and O–H groups in total. The van der Waals surface area contributed by atoms with Gasteiger partial charge in [-0.2, -0.15) is 0 Å². The van der Waals surface area contributed by atoms with E-state index in [9.17, 15) is 0 Å². The van der Waals surface area contributed by atoms with Gasteiger partial charge in [0.15, 0.2) is 0 Å². The van der Waals surface area contributed by atoms with Gasteiger partial charge < -0.3 is 9.88 Å². The molecule has 0 spiro atoms. The lowest BCUT2D eigenvalue weighted by atomic mass is 9.93. The van der Waals surface area contributed by atoms with Crippen LogP contribution in [0.4, 0.5) is 0 Å². The molecule has 1 aliphatic rings. The van der Waals surface area contributed by atoms with Gasteiger partial charge in [0, 0.05) is 32.0 Å². The molecule has 0 bridgehead atoms. The van der Waals surface area contributed by atoms with Crippen molar-refractivity contribution in [3.8, 4) is 0 Å². The third-order valence-corrected chi connectivity index (χ3v) is 3.63. The summed E-state index contributed by atoms with van der Waals surface area (Å²) in [5.74, 6) is 1.98. The molecule has 0 aromatic carbocycles. The van der Waals surface area contributed by atoms with Gasteiger partial charge in [0.1, 0.15) is 5.82 Å². The van der Waals surface area contributed by atoms with Gasteiger partial charge in [0.2, 0.25) is 0 Å². The number of hydrogen-bond donors (Lipinski definition) is 1. The zero-order valence-electron chi connectivity index (χ0n) is 11.2. The van der Waals surface area contributed by atoms with Crippen LogP contribution in [-0.2, 0) is 13.6 Å². The van der Waals surface area contributed by atoms with Crippen molar-refractivity contribution in [1.29, 1.82) is 0 Å². The summed E-state index contributed by atoms with van der Waals surface area (Å²) in [6.07, 6.45) is 6.48. The second-order valence-corrected chi connectivity index (χ2v) is 5.40. The maximum absolute atomic E-state index is 4.37. The Bertz CT molecular complexity index is 347. The van der Waals surface area contributed by atoms with Gasteiger partial charge >= 0.3 is 0 Å². The van der Waals surface area contributed by atoms with Crippen molar-refractivity contribution in [2.45, 2.75) is 32.4 Å². The molecule has 2 atom stereocenters. The van der Waals surface area contributed by atoms with Gasteiger partial charge in [-0.15, -0.1) is 0 Å². The Labute approximate surface area is 104 Å². The first-order valence-corrected chi connectivity index (χ1v) is 6.53. The molecule has 4 heteroatoms. The van der Waals surface area contributed by atoms with E-state index in [4.69, 9.17) is 0 Å². The SMILES string of the molecule is CC1CC(CN(C)Cc2nccn2C)CCN1. The topological polar surface area (TPSA) is 33.1 Å². The van der Waals surface area contributed by atoms with Gasteiger partial charge in [-0.1, -0.05) is 0 Å². The zero-order valence-corrected chi connectivity index (χ0v) is 11.2. The molecule has 1 aromatic rings. The Morgan fingerprint density at radius 2 is 2.41 bits per heavy atom. The summed E-state index contributed by atoms with van der Waals surface area (Å²) >= 11 is 0. The number of nitrogens with zero attached hydrogens (tertiary/aromatic N) is 3. The molecule has 2 unspecified atom stereocenters. The predicted molar refractivity (Wildman–Crippen MR) is 69.7 cm³/mol. The summed E-state index contributed by atoms with van der Waals surface area (Å²) in [4.78, 5) is 6.77. The maximum atomic E-state index is 4.37. The van der Waals surface area contributed by atoms with Gasteiger partial charge in [-0.25, -0.2) is 4.98 Å². The van der Waals surface area contributed by atoms with Gasteiger partial charge in [-0.05, 0) is 39.3 Å². The van der Waals surface area contributed by atoms with E-state index in [2.05, 4.69) is 40.8 Å². The van der Waals surface area contributed by atoms with E-state index in [0.717, 1.165) is 18.3 Å². The van der Waals surface area contributed by atoms with Crippen LogP contribution in [0.25, 0.3) is 0 Å². The molecule has 17 heavy (non-hydrogen) atoms. The van der Waals surface area contributed by atoms with E-state index in [0.29, 0.717) is 6.04 Å². The first-order chi connectivity index (χ1) is 8.15. The third-order valence-electron chi connectivity index (χ3n) is 3.63. The average Bonchev–Trinajstić information content (AvgIpc) is 2.64. The lowest BCUT2D eigenvalue weighted by molar-refractivity contribution is 0.211. The van der Waals surface area contributed by atoms with Gasteiger partial charge in [-0.3, -0.25) is 4.90 Å². The van der Waals surface area contributed by atoms with Crippen molar-refractivity contribution in [3.63, 3.8) is 0 Å². The van der Waals surface area contributed by atoms with E-state index in [1.54, 1.807) is 0 Å². The Morgan fingerprint density at radius 3 is 3.06 bits per heavy atom. The Balaban J connectivity index is 1.80. The van der Waals surface area contributed by atoms with Crippen molar-refractivity contribution in [3.05, 3.63) is 18.2 Å². The highest BCUT2D eigenvalue weighted by atomic mass is 15.2. The van der Waals surface area contributed by atoms with Crippen LogP contribution < -0.4 is 5.32 Å². The molecule has 1 aromatic heterocycles. The van der Waals surface area contributed by atoms with Gasteiger partial charge in [0.25, 0.3) is 0 Å². The number of aryl methyl sites for hydroxylation is 1. The largest absolute Gasteiger partial charge is 0.337 e. The van der Waals surface area contributed by atoms with Crippen LogP contribution in [0, 0.1) is 5.92 Å². The Kier molecular flexibility index (Phi) is 4.18. The molecule has 1 fully saturated rings. The molecular formula is C13H24N4. The average molecular weight is 236 g/mol. The minimum atomic E-state index is 0.676. The monoisotopic (exact) mass is 236 g/mol. The minimum Gasteiger partial charge on any atom is -0.337 e. The predicted octanol–water partition coefficient (Wildman–Crippen LogP) is 1.24. The number of rotatable bonds is 4. The van der Waals surface area contributed by atoms with E-state index < -0.39 is 0 Å². The first kappa shape index (κ1) is 12.6. The summed E-state index contributed by atoms with van der Waals surface area (Å²) in [6, 6.07) is 0.676. The van der Waals surface area contributed by atoms with Crippen molar-refractivity contribution in [2.75, 3.05) is 20.1 Å². The highest BCUT2D eigenvalue weighted by molar-refractivity contribution is 4.91. The molecule has 0 amide bonds. The summed E-state index contributed by atoms with van der Waals surface area (Å²) in [5.41, 5.74) is 0. The third kappa shape index (κ3) is 3.54. The zero-order chi connectivity index (χ0) is 12.3. The lowest BCUT2D eigenvalue weighted by Crippen LogP contribution is -2.39. The van der Waals surface area contributed by atoms with Crippen LogP contribution in [0.1, 0.15) is 25.6 Å². The van der Waals surface area contributed by atoms with Crippen LogP contribution in [-0.4, -0.2) is 40.6 Å². The molecule has 0 saturated carbocycles.